The maximum Gasteiger partial charge on any atom is 0.211 e. The Balaban J connectivity index is 2.01. The van der Waals surface area contributed by atoms with Crippen molar-refractivity contribution in [1.29, 1.82) is 0 Å². The molecule has 1 aliphatic heterocycles. The van der Waals surface area contributed by atoms with Gasteiger partial charge in [-0.25, -0.2) is 8.42 Å². The maximum absolute atomic E-state index is 11.6. The van der Waals surface area contributed by atoms with Crippen molar-refractivity contribution in [2.24, 2.45) is 5.41 Å². The van der Waals surface area contributed by atoms with E-state index >= 15 is 0 Å². The van der Waals surface area contributed by atoms with Crippen molar-refractivity contribution in [2.75, 3.05) is 39.0 Å². The Hall–Kier alpha value is -0.170. The molecule has 5 nitrogen and oxygen atoms in total. The molecular formula is C15H31N3O2S. The molecule has 2 atom stereocenters. The van der Waals surface area contributed by atoms with Gasteiger partial charge in [-0.05, 0) is 31.2 Å². The third-order valence-corrected chi connectivity index (χ3v) is 6.34. The fourth-order valence-electron chi connectivity index (χ4n) is 3.80. The Morgan fingerprint density at radius 1 is 1.19 bits per heavy atom. The van der Waals surface area contributed by atoms with Crippen LogP contribution in [0.3, 0.4) is 0 Å². The molecule has 2 aliphatic rings. The van der Waals surface area contributed by atoms with Crippen molar-refractivity contribution in [3.8, 4) is 0 Å². The maximum atomic E-state index is 11.6. The lowest BCUT2D eigenvalue weighted by Crippen LogP contribution is -2.59. The van der Waals surface area contributed by atoms with Crippen LogP contribution in [0.15, 0.2) is 0 Å². The molecule has 0 bridgehead atoms. The van der Waals surface area contributed by atoms with Crippen LogP contribution in [0.4, 0.5) is 0 Å². The molecule has 1 N–H and O–H groups in total. The fraction of sp³-hybridized carbons (Fsp3) is 1.00. The molecule has 1 saturated carbocycles. The number of piperazine rings is 1. The SMILES string of the molecule is CCNC1CCC(C)(C)CC1N1CCN(S(C)(=O)=O)CC1. The van der Waals surface area contributed by atoms with Gasteiger partial charge in [-0.15, -0.1) is 0 Å². The van der Waals surface area contributed by atoms with Gasteiger partial charge in [-0.2, -0.15) is 4.31 Å². The zero-order valence-electron chi connectivity index (χ0n) is 13.9. The van der Waals surface area contributed by atoms with Gasteiger partial charge >= 0.3 is 0 Å². The molecule has 124 valence electrons. The van der Waals surface area contributed by atoms with Gasteiger partial charge in [0.25, 0.3) is 0 Å². The summed E-state index contributed by atoms with van der Waals surface area (Å²) in [5.41, 5.74) is 0.393. The average molecular weight is 317 g/mol. The first kappa shape index (κ1) is 17.2. The Labute approximate surface area is 130 Å². The van der Waals surface area contributed by atoms with E-state index in [-0.39, 0.29) is 0 Å². The third kappa shape index (κ3) is 4.41. The van der Waals surface area contributed by atoms with E-state index in [1.54, 1.807) is 4.31 Å². The van der Waals surface area contributed by atoms with Crippen molar-refractivity contribution in [2.45, 2.75) is 52.1 Å². The van der Waals surface area contributed by atoms with E-state index in [9.17, 15) is 8.42 Å². The van der Waals surface area contributed by atoms with E-state index < -0.39 is 10.0 Å². The predicted octanol–water partition coefficient (Wildman–Crippen LogP) is 1.12. The van der Waals surface area contributed by atoms with Crippen molar-refractivity contribution >= 4 is 10.0 Å². The predicted molar refractivity (Wildman–Crippen MR) is 86.9 cm³/mol. The van der Waals surface area contributed by atoms with Crippen molar-refractivity contribution < 1.29 is 8.42 Å². The smallest absolute Gasteiger partial charge is 0.211 e. The highest BCUT2D eigenvalue weighted by Crippen LogP contribution is 2.37. The minimum absolute atomic E-state index is 0.393. The van der Waals surface area contributed by atoms with E-state index in [0.717, 1.165) is 19.6 Å². The number of nitrogens with one attached hydrogen (secondary N) is 1. The fourth-order valence-corrected chi connectivity index (χ4v) is 4.63. The Kier molecular flexibility index (Phi) is 5.34. The average Bonchev–Trinajstić information content (AvgIpc) is 2.40. The summed E-state index contributed by atoms with van der Waals surface area (Å²) < 4.78 is 24.9. The highest BCUT2D eigenvalue weighted by Gasteiger charge is 2.39. The first-order chi connectivity index (χ1) is 9.73. The van der Waals surface area contributed by atoms with E-state index in [2.05, 4.69) is 31.0 Å². The van der Waals surface area contributed by atoms with Crippen LogP contribution in [0, 0.1) is 5.41 Å². The lowest BCUT2D eigenvalue weighted by Gasteiger charge is -2.48. The first-order valence-corrected chi connectivity index (χ1v) is 10.0. The molecule has 2 rings (SSSR count). The molecule has 0 spiro atoms. The number of nitrogens with zero attached hydrogens (tertiary/aromatic N) is 2. The van der Waals surface area contributed by atoms with Gasteiger partial charge in [0.2, 0.25) is 10.0 Å². The lowest BCUT2D eigenvalue weighted by atomic mass is 9.72. The Morgan fingerprint density at radius 2 is 1.81 bits per heavy atom. The second-order valence-corrected chi connectivity index (χ2v) is 9.32. The van der Waals surface area contributed by atoms with Gasteiger partial charge in [0.05, 0.1) is 6.26 Å². The van der Waals surface area contributed by atoms with E-state index in [0.29, 0.717) is 30.6 Å². The Bertz CT molecular complexity index is 442. The number of hydrogen-bond acceptors (Lipinski definition) is 4. The van der Waals surface area contributed by atoms with Crippen LogP contribution in [0.25, 0.3) is 0 Å². The minimum Gasteiger partial charge on any atom is -0.313 e. The zero-order chi connectivity index (χ0) is 15.7. The van der Waals surface area contributed by atoms with Crippen LogP contribution in [0.1, 0.15) is 40.0 Å². The quantitative estimate of drug-likeness (QED) is 0.844. The summed E-state index contributed by atoms with van der Waals surface area (Å²) in [7, 11) is -3.04. The minimum atomic E-state index is -3.04. The molecule has 0 aromatic rings. The lowest BCUT2D eigenvalue weighted by molar-refractivity contribution is 0.0449. The van der Waals surface area contributed by atoms with Crippen LogP contribution in [0.2, 0.25) is 0 Å². The van der Waals surface area contributed by atoms with Crippen LogP contribution in [0.5, 0.6) is 0 Å². The van der Waals surface area contributed by atoms with Crippen molar-refractivity contribution in [3.05, 3.63) is 0 Å². The zero-order valence-corrected chi connectivity index (χ0v) is 14.7. The molecule has 0 amide bonds. The summed E-state index contributed by atoms with van der Waals surface area (Å²) in [4.78, 5) is 2.51. The number of likely N-dealkylation sites (N-methyl/N-ethyl adjacent to an activating group) is 1. The topological polar surface area (TPSA) is 52.6 Å². The second-order valence-electron chi connectivity index (χ2n) is 7.34. The molecule has 1 aliphatic carbocycles. The van der Waals surface area contributed by atoms with E-state index in [1.807, 2.05) is 0 Å². The van der Waals surface area contributed by atoms with Crippen LogP contribution in [-0.4, -0.2) is 68.7 Å². The summed E-state index contributed by atoms with van der Waals surface area (Å²) in [6.45, 7) is 10.9. The molecule has 6 heteroatoms. The normalized spacial score (nSPS) is 32.2. The molecule has 1 saturated heterocycles. The molecule has 1 heterocycles. The summed E-state index contributed by atoms with van der Waals surface area (Å²) in [6.07, 6.45) is 5.00. The monoisotopic (exact) mass is 317 g/mol. The second kappa shape index (κ2) is 6.52. The summed E-state index contributed by atoms with van der Waals surface area (Å²) in [5, 5.41) is 3.64. The van der Waals surface area contributed by atoms with Crippen molar-refractivity contribution in [1.82, 2.24) is 14.5 Å². The molecule has 21 heavy (non-hydrogen) atoms. The summed E-state index contributed by atoms with van der Waals surface area (Å²) >= 11 is 0. The largest absolute Gasteiger partial charge is 0.313 e. The summed E-state index contributed by atoms with van der Waals surface area (Å²) in [6, 6.07) is 1.09. The number of rotatable bonds is 4. The van der Waals surface area contributed by atoms with E-state index in [4.69, 9.17) is 0 Å². The number of hydrogen-bond donors (Lipinski definition) is 1. The summed E-state index contributed by atoms with van der Waals surface area (Å²) in [5.74, 6) is 0. The van der Waals surface area contributed by atoms with Crippen LogP contribution >= 0.6 is 0 Å². The van der Waals surface area contributed by atoms with Gasteiger partial charge < -0.3 is 5.32 Å². The van der Waals surface area contributed by atoms with Crippen molar-refractivity contribution in [3.63, 3.8) is 0 Å². The van der Waals surface area contributed by atoms with Gasteiger partial charge in [0.15, 0.2) is 0 Å². The Morgan fingerprint density at radius 3 is 2.33 bits per heavy atom. The standard InChI is InChI=1S/C15H31N3O2S/c1-5-16-13-6-7-15(2,3)12-14(13)17-8-10-18(11-9-17)21(4,19)20/h13-14,16H,5-12H2,1-4H3. The first-order valence-electron chi connectivity index (χ1n) is 8.15. The molecule has 0 aromatic heterocycles. The molecule has 2 fully saturated rings. The molecular weight excluding hydrogens is 286 g/mol. The molecule has 0 aromatic carbocycles. The highest BCUT2D eigenvalue weighted by molar-refractivity contribution is 7.88. The van der Waals surface area contributed by atoms with Gasteiger partial charge in [-0.3, -0.25) is 4.90 Å². The van der Waals surface area contributed by atoms with E-state index in [1.165, 1.54) is 25.5 Å². The number of sulfonamides is 1. The van der Waals surface area contributed by atoms with Gasteiger partial charge in [0, 0.05) is 38.3 Å². The highest BCUT2D eigenvalue weighted by atomic mass is 32.2. The molecule has 0 radical (unpaired) electrons. The van der Waals surface area contributed by atoms with Crippen LogP contribution < -0.4 is 5.32 Å². The third-order valence-electron chi connectivity index (χ3n) is 5.04. The molecule has 2 unspecified atom stereocenters. The van der Waals surface area contributed by atoms with Gasteiger partial charge in [-0.1, -0.05) is 20.8 Å². The van der Waals surface area contributed by atoms with Crippen LogP contribution in [-0.2, 0) is 10.0 Å². The van der Waals surface area contributed by atoms with Gasteiger partial charge in [0.1, 0.15) is 0 Å².